The molecule has 0 aromatic heterocycles. The van der Waals surface area contributed by atoms with Gasteiger partial charge in [0, 0.05) is 6.07 Å². The van der Waals surface area contributed by atoms with Gasteiger partial charge in [-0.3, -0.25) is 4.79 Å². The quantitative estimate of drug-likeness (QED) is 0.529. The van der Waals surface area contributed by atoms with Crippen LogP contribution in [0.1, 0.15) is 6.92 Å². The van der Waals surface area contributed by atoms with Crippen molar-refractivity contribution >= 4 is 27.7 Å². The van der Waals surface area contributed by atoms with Gasteiger partial charge in [-0.1, -0.05) is 0 Å². The van der Waals surface area contributed by atoms with Crippen molar-refractivity contribution in [3.8, 4) is 0 Å². The number of carbonyl (C=O) groups is 2. The first-order valence-corrected chi connectivity index (χ1v) is 5.40. The number of rotatable bonds is 1. The van der Waals surface area contributed by atoms with Gasteiger partial charge in [0.2, 0.25) is 5.36 Å². The van der Waals surface area contributed by atoms with E-state index in [0.717, 1.165) is 0 Å². The molecule has 0 N–H and O–H groups in total. The van der Waals surface area contributed by atoms with Crippen LogP contribution in [0.4, 0.5) is 4.39 Å². The Morgan fingerprint density at radius 1 is 1.44 bits per heavy atom. The summed E-state index contributed by atoms with van der Waals surface area (Å²) in [5.74, 6) is -2.04. The maximum Gasteiger partial charge on any atom is 0.480 e. The van der Waals surface area contributed by atoms with Gasteiger partial charge in [-0.2, -0.15) is 9.57 Å². The lowest BCUT2D eigenvalue weighted by molar-refractivity contribution is -0.138. The monoisotopic (exact) mass is 285 g/mol. The van der Waals surface area contributed by atoms with E-state index in [2.05, 4.69) is 20.9 Å². The number of amides is 2. The first-order chi connectivity index (χ1) is 7.54. The van der Waals surface area contributed by atoms with E-state index in [1.54, 1.807) is 6.92 Å². The fourth-order valence-corrected chi connectivity index (χ4v) is 1.86. The van der Waals surface area contributed by atoms with Gasteiger partial charge in [0.1, 0.15) is 11.2 Å². The maximum atomic E-state index is 13.3. The molecule has 0 atom stereocenters. The van der Waals surface area contributed by atoms with E-state index in [1.807, 2.05) is 0 Å². The third kappa shape index (κ3) is 1.59. The molecule has 2 amide bonds. The fourth-order valence-electron chi connectivity index (χ4n) is 1.53. The number of hydrogen-bond acceptors (Lipinski definition) is 2. The van der Waals surface area contributed by atoms with Crippen molar-refractivity contribution in [1.29, 1.82) is 0 Å². The predicted molar refractivity (Wildman–Crippen MR) is 56.7 cm³/mol. The molecule has 16 heavy (non-hydrogen) atoms. The summed E-state index contributed by atoms with van der Waals surface area (Å²) in [6.45, 7) is 2.01. The summed E-state index contributed by atoms with van der Waals surface area (Å²) < 4.78 is 14.8. The van der Waals surface area contributed by atoms with Crippen molar-refractivity contribution in [2.75, 3.05) is 6.54 Å². The first-order valence-electron chi connectivity index (χ1n) is 4.61. The molecule has 0 spiro atoms. The molecule has 0 saturated heterocycles. The number of hydrogen-bond donors (Lipinski definition) is 0. The molecule has 0 fully saturated rings. The Kier molecular flexibility index (Phi) is 2.67. The standard InChI is InChI=1S/C10H7BrFN2O2/c1-2-14-8-4-6(12)5(11)3-7(8)13-9(15)10(14)16/h3-4H,2H2,1H3/q+1. The van der Waals surface area contributed by atoms with Crippen molar-refractivity contribution in [2.24, 2.45) is 4.99 Å². The molecule has 0 aliphatic carbocycles. The fraction of sp³-hybridized carbons (Fsp3) is 0.200. The summed E-state index contributed by atoms with van der Waals surface area (Å²) in [6, 6.07) is 2.58. The van der Waals surface area contributed by atoms with E-state index in [4.69, 9.17) is 0 Å². The minimum absolute atomic E-state index is 0.216. The topological polar surface area (TPSA) is 49.5 Å². The highest BCUT2D eigenvalue weighted by atomic mass is 79.9. The van der Waals surface area contributed by atoms with Crippen LogP contribution in [0.2, 0.25) is 0 Å². The van der Waals surface area contributed by atoms with Crippen LogP contribution in [0, 0.1) is 5.82 Å². The number of fused-ring (bicyclic) bond motifs is 1. The second kappa shape index (κ2) is 3.86. The van der Waals surface area contributed by atoms with Gasteiger partial charge in [-0.15, -0.1) is 0 Å². The Labute approximate surface area is 98.2 Å². The third-order valence-corrected chi connectivity index (χ3v) is 2.88. The van der Waals surface area contributed by atoms with Crippen molar-refractivity contribution in [3.63, 3.8) is 0 Å². The van der Waals surface area contributed by atoms with Crippen LogP contribution in [0.5, 0.6) is 0 Å². The van der Waals surface area contributed by atoms with Crippen molar-refractivity contribution in [1.82, 2.24) is 4.58 Å². The Morgan fingerprint density at radius 2 is 2.12 bits per heavy atom. The van der Waals surface area contributed by atoms with Crippen LogP contribution in [-0.4, -0.2) is 18.4 Å². The number of likely N-dealkylation sites (N-methyl/N-ethyl adjacent to an activating group) is 1. The Bertz CT molecular complexity index is 624. The average Bonchev–Trinajstić information content (AvgIpc) is 2.24. The number of halogens is 2. The summed E-state index contributed by atoms with van der Waals surface area (Å²) in [6.07, 6.45) is 0. The van der Waals surface area contributed by atoms with Crippen LogP contribution >= 0.6 is 15.9 Å². The van der Waals surface area contributed by atoms with Crippen LogP contribution in [0.15, 0.2) is 21.6 Å². The van der Waals surface area contributed by atoms with Gasteiger partial charge >= 0.3 is 11.8 Å². The summed E-state index contributed by atoms with van der Waals surface area (Å²) in [7, 11) is 0. The molecule has 0 bridgehead atoms. The smallest absolute Gasteiger partial charge is 0.255 e. The van der Waals surface area contributed by atoms with Gasteiger partial charge in [0.05, 0.1) is 4.47 Å². The second-order valence-electron chi connectivity index (χ2n) is 3.22. The van der Waals surface area contributed by atoms with Gasteiger partial charge in [0.25, 0.3) is 0 Å². The van der Waals surface area contributed by atoms with Crippen molar-refractivity contribution in [3.05, 3.63) is 33.1 Å². The van der Waals surface area contributed by atoms with Gasteiger partial charge in [-0.05, 0) is 28.9 Å². The van der Waals surface area contributed by atoms with Gasteiger partial charge in [-0.25, -0.2) is 9.18 Å². The highest BCUT2D eigenvalue weighted by molar-refractivity contribution is 9.10. The minimum Gasteiger partial charge on any atom is -0.255 e. The minimum atomic E-state index is -0.826. The van der Waals surface area contributed by atoms with Gasteiger partial charge < -0.3 is 0 Å². The van der Waals surface area contributed by atoms with E-state index >= 15 is 0 Å². The molecular weight excluding hydrogens is 279 g/mol. The normalized spacial score (nSPS) is 14.8. The Morgan fingerprint density at radius 3 is 2.75 bits per heavy atom. The molecule has 82 valence electrons. The molecule has 0 saturated carbocycles. The van der Waals surface area contributed by atoms with E-state index in [0.29, 0.717) is 17.3 Å². The lowest BCUT2D eigenvalue weighted by Gasteiger charge is -2.01. The van der Waals surface area contributed by atoms with E-state index in [9.17, 15) is 14.0 Å². The van der Waals surface area contributed by atoms with Crippen molar-refractivity contribution < 1.29 is 14.0 Å². The number of benzene rings is 1. The van der Waals surface area contributed by atoms with Crippen LogP contribution in [0.25, 0.3) is 0 Å². The molecule has 0 unspecified atom stereocenters. The Balaban J connectivity index is 2.95. The lowest BCUT2D eigenvalue weighted by atomic mass is 10.3. The maximum absolute atomic E-state index is 13.3. The van der Waals surface area contributed by atoms with Crippen LogP contribution < -0.4 is 15.3 Å². The van der Waals surface area contributed by atoms with Crippen LogP contribution in [0.3, 0.4) is 0 Å². The molecule has 1 aliphatic heterocycles. The number of nitrogens with zero attached hydrogens (tertiary/aromatic N) is 2. The van der Waals surface area contributed by atoms with E-state index in [-0.39, 0.29) is 4.47 Å². The van der Waals surface area contributed by atoms with Crippen molar-refractivity contribution in [2.45, 2.75) is 6.92 Å². The average molecular weight is 286 g/mol. The zero-order chi connectivity index (χ0) is 11.9. The molecule has 6 heteroatoms. The highest BCUT2D eigenvalue weighted by Gasteiger charge is 2.30. The van der Waals surface area contributed by atoms with Crippen LogP contribution in [-0.2, 0) is 9.59 Å². The summed E-state index contributed by atoms with van der Waals surface area (Å²) in [5.41, 5.74) is 0. The summed E-state index contributed by atoms with van der Waals surface area (Å²) >= 11 is 3.00. The largest absolute Gasteiger partial charge is 0.480 e. The molecule has 1 aromatic carbocycles. The predicted octanol–water partition coefficient (Wildman–Crippen LogP) is -0.214. The summed E-state index contributed by atoms with van der Waals surface area (Å²) in [4.78, 5) is 26.3. The summed E-state index contributed by atoms with van der Waals surface area (Å²) in [5, 5.41) is 0.632. The molecule has 2 rings (SSSR count). The zero-order valence-corrected chi connectivity index (χ0v) is 9.91. The molecule has 1 heterocycles. The Hall–Kier alpha value is -1.43. The van der Waals surface area contributed by atoms with Gasteiger partial charge in [0.15, 0.2) is 6.54 Å². The molecule has 1 aliphatic rings. The zero-order valence-electron chi connectivity index (χ0n) is 8.33. The van der Waals surface area contributed by atoms with E-state index < -0.39 is 17.6 Å². The number of carbonyl (C=O) groups excluding carboxylic acids is 2. The lowest BCUT2D eigenvalue weighted by Crippen LogP contribution is -2.50. The van der Waals surface area contributed by atoms with E-state index in [1.165, 1.54) is 16.7 Å². The molecule has 1 aromatic rings. The highest BCUT2D eigenvalue weighted by Crippen LogP contribution is 2.09. The second-order valence-corrected chi connectivity index (χ2v) is 4.08. The first kappa shape index (κ1) is 11.1. The molecule has 0 radical (unpaired) electrons. The molecule has 4 nitrogen and oxygen atoms in total. The third-order valence-electron chi connectivity index (χ3n) is 2.27. The molecular formula is C10H7BrFN2O2+. The SMILES string of the molecule is CC[N+]1=c2cc(F)c(Br)cc2=NC(=O)C1=O.